The molecule has 1 amide bonds. The molecule has 0 spiro atoms. The van der Waals surface area contributed by atoms with Crippen LogP contribution in [0.5, 0.6) is 5.75 Å². The van der Waals surface area contributed by atoms with E-state index in [-0.39, 0.29) is 5.91 Å². The van der Waals surface area contributed by atoms with E-state index in [2.05, 4.69) is 33.2 Å². The minimum absolute atomic E-state index is 0.193. The molecule has 0 fully saturated rings. The number of aryl methyl sites for hydroxylation is 4. The van der Waals surface area contributed by atoms with Crippen molar-refractivity contribution in [2.45, 2.75) is 60.3 Å². The van der Waals surface area contributed by atoms with E-state index in [9.17, 15) is 4.79 Å². The number of halogens is 1. The summed E-state index contributed by atoms with van der Waals surface area (Å²) >= 11 is 3.56. The summed E-state index contributed by atoms with van der Waals surface area (Å²) in [6, 6.07) is 5.97. The third kappa shape index (κ3) is 5.32. The van der Waals surface area contributed by atoms with Gasteiger partial charge in [-0.1, -0.05) is 44.4 Å². The number of benzene rings is 1. The molecule has 0 saturated carbocycles. The maximum absolute atomic E-state index is 13.1. The van der Waals surface area contributed by atoms with Crippen molar-refractivity contribution in [1.82, 2.24) is 4.98 Å². The Balaban J connectivity index is 2.31. The first-order chi connectivity index (χ1) is 12.9. The maximum Gasteiger partial charge on any atom is 0.261 e. The predicted molar refractivity (Wildman–Crippen MR) is 115 cm³/mol. The first-order valence-electron chi connectivity index (χ1n) is 9.53. The molecule has 1 aromatic heterocycles. The summed E-state index contributed by atoms with van der Waals surface area (Å²) in [5.74, 6) is 0.391. The highest BCUT2D eigenvalue weighted by atomic mass is 79.9. The number of aromatic nitrogens is 1. The fourth-order valence-electron chi connectivity index (χ4n) is 3.09. The number of amides is 1. The van der Waals surface area contributed by atoms with Crippen molar-refractivity contribution < 1.29 is 9.53 Å². The first-order valence-corrected chi connectivity index (χ1v) is 10.3. The highest BCUT2D eigenvalue weighted by Gasteiger charge is 2.22. The summed E-state index contributed by atoms with van der Waals surface area (Å²) in [4.78, 5) is 17.6. The largest absolute Gasteiger partial charge is 0.491 e. The predicted octanol–water partition coefficient (Wildman–Crippen LogP) is 6.29. The van der Waals surface area contributed by atoms with Crippen molar-refractivity contribution in [2.24, 2.45) is 0 Å². The number of unbranched alkanes of at least 4 members (excludes halogenated alkanes) is 3. The summed E-state index contributed by atoms with van der Waals surface area (Å²) in [6.07, 6.45) is 4.47. The Bertz CT molecular complexity index is 798. The van der Waals surface area contributed by atoms with Gasteiger partial charge in [-0.3, -0.25) is 9.78 Å². The smallest absolute Gasteiger partial charge is 0.261 e. The molecule has 0 atom stereocenters. The van der Waals surface area contributed by atoms with Crippen LogP contribution in [0.3, 0.4) is 0 Å². The molecular weight excluding hydrogens is 404 g/mol. The fourth-order valence-corrected chi connectivity index (χ4v) is 3.49. The van der Waals surface area contributed by atoms with Crippen LogP contribution in [0, 0.1) is 27.7 Å². The zero-order valence-corrected chi connectivity index (χ0v) is 18.5. The maximum atomic E-state index is 13.1. The van der Waals surface area contributed by atoms with E-state index in [4.69, 9.17) is 4.74 Å². The molecule has 0 saturated heterocycles. The van der Waals surface area contributed by atoms with Crippen LogP contribution in [0.15, 0.2) is 22.7 Å². The van der Waals surface area contributed by atoms with Gasteiger partial charge in [0, 0.05) is 5.69 Å². The van der Waals surface area contributed by atoms with Gasteiger partial charge in [-0.2, -0.15) is 0 Å². The summed E-state index contributed by atoms with van der Waals surface area (Å²) < 4.78 is 6.79. The Morgan fingerprint density at radius 3 is 2.37 bits per heavy atom. The fraction of sp³-hybridized carbons (Fsp3) is 0.455. The van der Waals surface area contributed by atoms with E-state index in [0.29, 0.717) is 23.6 Å². The molecule has 1 N–H and O–H groups in total. The van der Waals surface area contributed by atoms with Crippen molar-refractivity contribution in [3.63, 3.8) is 0 Å². The minimum atomic E-state index is -0.193. The van der Waals surface area contributed by atoms with Gasteiger partial charge in [0.1, 0.15) is 11.3 Å². The van der Waals surface area contributed by atoms with Gasteiger partial charge in [-0.25, -0.2) is 0 Å². The summed E-state index contributed by atoms with van der Waals surface area (Å²) in [5, 5.41) is 3.05. The van der Waals surface area contributed by atoms with Crippen LogP contribution in [0.4, 0.5) is 5.69 Å². The molecule has 27 heavy (non-hydrogen) atoms. The average molecular weight is 433 g/mol. The van der Waals surface area contributed by atoms with Crippen molar-refractivity contribution in [3.05, 3.63) is 50.8 Å². The molecule has 0 radical (unpaired) electrons. The van der Waals surface area contributed by atoms with E-state index in [1.807, 2.05) is 45.9 Å². The molecule has 0 unspecified atom stereocenters. The van der Waals surface area contributed by atoms with Crippen molar-refractivity contribution >= 4 is 27.5 Å². The normalized spacial score (nSPS) is 10.7. The number of nitrogens with one attached hydrogen (secondary N) is 1. The van der Waals surface area contributed by atoms with E-state index >= 15 is 0 Å². The molecule has 5 heteroatoms. The van der Waals surface area contributed by atoms with Crippen LogP contribution in [0.1, 0.15) is 65.5 Å². The van der Waals surface area contributed by atoms with Crippen LogP contribution in [-0.2, 0) is 0 Å². The number of ether oxygens (including phenoxy) is 1. The van der Waals surface area contributed by atoms with Gasteiger partial charge >= 0.3 is 0 Å². The molecule has 2 rings (SSSR count). The van der Waals surface area contributed by atoms with E-state index in [1.165, 1.54) is 12.8 Å². The highest BCUT2D eigenvalue weighted by Crippen LogP contribution is 2.34. The van der Waals surface area contributed by atoms with Gasteiger partial charge in [-0.05, 0) is 61.2 Å². The second kappa shape index (κ2) is 9.88. The van der Waals surface area contributed by atoms with Gasteiger partial charge in [0.05, 0.1) is 22.5 Å². The topological polar surface area (TPSA) is 51.2 Å². The third-order valence-corrected chi connectivity index (χ3v) is 5.57. The van der Waals surface area contributed by atoms with Gasteiger partial charge < -0.3 is 10.1 Å². The zero-order chi connectivity index (χ0) is 20.0. The Hall–Kier alpha value is -1.88. The van der Waals surface area contributed by atoms with Gasteiger partial charge in [-0.15, -0.1) is 0 Å². The van der Waals surface area contributed by atoms with E-state index in [1.54, 1.807) is 0 Å². The molecular formula is C22H29BrN2O2. The standard InChI is InChI=1S/C22H29BrN2O2/c1-6-7-8-9-13-27-21-18(16(4)24-17(5)19(21)23)22(26)25-20-14(2)11-10-12-15(20)3/h10-12H,6-9,13H2,1-5H3,(H,25,26). The molecule has 1 heterocycles. The quantitative estimate of drug-likeness (QED) is 0.498. The van der Waals surface area contributed by atoms with E-state index < -0.39 is 0 Å². The lowest BCUT2D eigenvalue weighted by atomic mass is 10.1. The molecule has 0 aliphatic carbocycles. The van der Waals surface area contributed by atoms with E-state index in [0.717, 1.165) is 39.8 Å². The van der Waals surface area contributed by atoms with Crippen LogP contribution in [0.2, 0.25) is 0 Å². The first kappa shape index (κ1) is 21.4. The molecule has 0 aliphatic rings. The van der Waals surface area contributed by atoms with Crippen LogP contribution in [0.25, 0.3) is 0 Å². The van der Waals surface area contributed by atoms with Crippen molar-refractivity contribution in [3.8, 4) is 5.75 Å². The highest BCUT2D eigenvalue weighted by molar-refractivity contribution is 9.10. The number of pyridine rings is 1. The number of hydrogen-bond donors (Lipinski definition) is 1. The monoisotopic (exact) mass is 432 g/mol. The Kier molecular flexibility index (Phi) is 7.84. The summed E-state index contributed by atoms with van der Waals surface area (Å²) in [5.41, 5.74) is 4.88. The molecule has 1 aromatic carbocycles. The minimum Gasteiger partial charge on any atom is -0.491 e. The number of anilines is 1. The number of carbonyl (C=O) groups is 1. The SMILES string of the molecule is CCCCCCOc1c(Br)c(C)nc(C)c1C(=O)Nc1c(C)cccc1C. The van der Waals surface area contributed by atoms with Crippen LogP contribution >= 0.6 is 15.9 Å². The number of para-hydroxylation sites is 1. The number of nitrogens with zero attached hydrogens (tertiary/aromatic N) is 1. The van der Waals surface area contributed by atoms with Crippen molar-refractivity contribution in [1.29, 1.82) is 0 Å². The van der Waals surface area contributed by atoms with Crippen molar-refractivity contribution in [2.75, 3.05) is 11.9 Å². The molecule has 0 aliphatic heterocycles. The second-order valence-electron chi connectivity index (χ2n) is 6.93. The summed E-state index contributed by atoms with van der Waals surface area (Å²) in [6.45, 7) is 10.5. The zero-order valence-electron chi connectivity index (χ0n) is 16.9. The molecule has 0 bridgehead atoms. The van der Waals surface area contributed by atoms with Gasteiger partial charge in [0.2, 0.25) is 0 Å². The average Bonchev–Trinajstić information content (AvgIpc) is 2.62. The third-order valence-electron chi connectivity index (χ3n) is 4.63. The lowest BCUT2D eigenvalue weighted by molar-refractivity contribution is 0.102. The lowest BCUT2D eigenvalue weighted by Crippen LogP contribution is -2.18. The number of hydrogen-bond acceptors (Lipinski definition) is 3. The second-order valence-corrected chi connectivity index (χ2v) is 7.72. The molecule has 4 nitrogen and oxygen atoms in total. The number of carbonyl (C=O) groups excluding carboxylic acids is 1. The molecule has 2 aromatic rings. The number of rotatable bonds is 8. The van der Waals surface area contributed by atoms with Gasteiger partial charge in [0.15, 0.2) is 0 Å². The van der Waals surface area contributed by atoms with Crippen LogP contribution < -0.4 is 10.1 Å². The Morgan fingerprint density at radius 2 is 1.74 bits per heavy atom. The molecule has 146 valence electrons. The Morgan fingerprint density at radius 1 is 1.07 bits per heavy atom. The lowest BCUT2D eigenvalue weighted by Gasteiger charge is -2.18. The summed E-state index contributed by atoms with van der Waals surface area (Å²) in [7, 11) is 0. The Labute approximate surface area is 170 Å². The van der Waals surface area contributed by atoms with Gasteiger partial charge in [0.25, 0.3) is 5.91 Å². The van der Waals surface area contributed by atoms with Crippen LogP contribution in [-0.4, -0.2) is 17.5 Å².